The first-order valence-electron chi connectivity index (χ1n) is 17.8. The first-order chi connectivity index (χ1) is 20.7. The summed E-state index contributed by atoms with van der Waals surface area (Å²) in [7, 11) is -2.56. The molecule has 43 heavy (non-hydrogen) atoms. The molecule has 0 aromatic heterocycles. The Morgan fingerprint density at radius 3 is 1.56 bits per heavy atom. The predicted molar refractivity (Wildman–Crippen MR) is 196 cm³/mol. The molecule has 0 radical (unpaired) electrons. The molecule has 0 aliphatic carbocycles. The van der Waals surface area contributed by atoms with Crippen molar-refractivity contribution in [2.24, 2.45) is 0 Å². The van der Waals surface area contributed by atoms with Gasteiger partial charge in [-0.05, 0) is 0 Å². The van der Waals surface area contributed by atoms with E-state index >= 15 is 0 Å². The molecule has 0 aliphatic rings. The number of rotatable bonds is 22. The maximum atomic E-state index is 11.6. The Balaban J connectivity index is 2.25. The number of hydrogen-bond acceptors (Lipinski definition) is 2. The summed E-state index contributed by atoms with van der Waals surface area (Å²) in [5.41, 5.74) is 0. The topological polar surface area (TPSA) is 29.5 Å². The van der Waals surface area contributed by atoms with Crippen LogP contribution in [0.2, 0.25) is 18.3 Å². The van der Waals surface area contributed by atoms with Crippen LogP contribution in [-0.2, 0) is 4.43 Å². The normalized spacial score (nSPS) is 14.3. The van der Waals surface area contributed by atoms with E-state index in [2.05, 4.69) is 121 Å². The van der Waals surface area contributed by atoms with E-state index in [1.165, 1.54) is 75.1 Å². The third-order valence-corrected chi connectivity index (χ3v) is 30.3. The van der Waals surface area contributed by atoms with Gasteiger partial charge in [0.1, 0.15) is 0 Å². The van der Waals surface area contributed by atoms with E-state index in [0.717, 1.165) is 25.7 Å². The minimum absolute atomic E-state index is 0.00399. The zero-order chi connectivity index (χ0) is 31.6. The van der Waals surface area contributed by atoms with Gasteiger partial charge in [-0.2, -0.15) is 0 Å². The van der Waals surface area contributed by atoms with Crippen molar-refractivity contribution >= 4 is 37.1 Å². The second-order valence-electron chi connectivity index (χ2n) is 14.0. The summed E-state index contributed by atoms with van der Waals surface area (Å²) in [6.45, 7) is 16.4. The third-order valence-electron chi connectivity index (χ3n) is 9.57. The third kappa shape index (κ3) is 11.5. The fraction of sp³-hybridized carbons (Fsp3) is 0.641. The fourth-order valence-corrected chi connectivity index (χ4v) is 27.0. The summed E-state index contributed by atoms with van der Waals surface area (Å²) < 4.78 is 11.5. The summed E-state index contributed by atoms with van der Waals surface area (Å²) in [4.78, 5) is 0. The molecule has 0 unspecified atom stereocenters. The van der Waals surface area contributed by atoms with Crippen LogP contribution in [-0.4, -0.2) is 42.0 Å². The van der Waals surface area contributed by atoms with Crippen LogP contribution in [0, 0.1) is 0 Å². The molecule has 2 aromatic carbocycles. The van der Waals surface area contributed by atoms with Crippen molar-refractivity contribution in [2.75, 3.05) is 0 Å². The van der Waals surface area contributed by atoms with E-state index < -0.39 is 26.7 Å². The zero-order valence-corrected chi connectivity index (χ0v) is 32.9. The van der Waals surface area contributed by atoms with Crippen molar-refractivity contribution in [3.63, 3.8) is 0 Å². The first-order valence-corrected chi connectivity index (χ1v) is 27.4. The average molecular weight is 714 g/mol. The molecule has 0 aliphatic heterocycles. The maximum absolute atomic E-state index is 11.6. The summed E-state index contributed by atoms with van der Waals surface area (Å²) in [5.74, 6) is 0. The molecule has 0 saturated carbocycles. The van der Waals surface area contributed by atoms with Gasteiger partial charge in [-0.15, -0.1) is 0 Å². The van der Waals surface area contributed by atoms with Gasteiger partial charge in [0, 0.05) is 0 Å². The Hall–Kier alpha value is -0.884. The van der Waals surface area contributed by atoms with Crippen LogP contribution in [0.3, 0.4) is 0 Å². The molecule has 2 rings (SSSR count). The molecule has 0 heterocycles. The van der Waals surface area contributed by atoms with E-state index in [1.807, 2.05) is 0 Å². The Bertz CT molecular complexity index is 940. The number of unbranched alkanes of at least 4 members (excludes halogenated alkanes) is 5. The molecular weight excluding hydrogens is 647 g/mol. The molecule has 2 nitrogen and oxygen atoms in total. The van der Waals surface area contributed by atoms with Crippen LogP contribution in [0.1, 0.15) is 126 Å². The molecule has 2 aromatic rings. The molecule has 4 heteroatoms. The van der Waals surface area contributed by atoms with Crippen molar-refractivity contribution in [1.82, 2.24) is 0 Å². The molecule has 0 fully saturated rings. The molecule has 0 bridgehead atoms. The summed E-state index contributed by atoms with van der Waals surface area (Å²) in [6.07, 6.45) is 19.2. The minimum atomic E-state index is -2.65. The van der Waals surface area contributed by atoms with Gasteiger partial charge in [0.05, 0.1) is 0 Å². The molecular formula is C39H66O2SiSn. The van der Waals surface area contributed by atoms with Gasteiger partial charge >= 0.3 is 261 Å². The zero-order valence-electron chi connectivity index (χ0n) is 29.0. The van der Waals surface area contributed by atoms with Crippen LogP contribution < -0.4 is 10.4 Å². The second-order valence-corrected chi connectivity index (χ2v) is 32.0. The van der Waals surface area contributed by atoms with Gasteiger partial charge in [0.2, 0.25) is 0 Å². The number of aliphatic hydroxyl groups excluding tert-OH is 1. The van der Waals surface area contributed by atoms with Crippen molar-refractivity contribution < 1.29 is 9.53 Å². The Kier molecular flexibility index (Phi) is 18.1. The van der Waals surface area contributed by atoms with E-state index in [1.54, 1.807) is 0 Å². The molecule has 0 saturated heterocycles. The van der Waals surface area contributed by atoms with Gasteiger partial charge in [-0.25, -0.2) is 0 Å². The Morgan fingerprint density at radius 2 is 1.14 bits per heavy atom. The van der Waals surface area contributed by atoms with Crippen LogP contribution in [0.4, 0.5) is 0 Å². The molecule has 1 N–H and O–H groups in total. The van der Waals surface area contributed by atoms with Gasteiger partial charge in [0.25, 0.3) is 0 Å². The summed E-state index contributed by atoms with van der Waals surface area (Å²) in [6, 6.07) is 22.2. The standard InChI is InChI=1S/C27H39O2Si.3C4H9.Sn/c1-5-6-17-24(18-11-7-8-16-23-28)29-30(27(2,3)4,25-19-12-9-13-20-25)26-21-14-10-15-22-26;3*1-3-4-2;/h8-10,12-16,19-24,28H,5-7,11,17-18H2,1-4H3;3*1,3-4H2,2H3;/b16-8+;;;;/t24-;;;;/m0..../s1. The van der Waals surface area contributed by atoms with E-state index in [0.29, 0.717) is 0 Å². The molecule has 242 valence electrons. The van der Waals surface area contributed by atoms with Gasteiger partial charge in [-0.1, -0.05) is 12.1 Å². The van der Waals surface area contributed by atoms with E-state index in [-0.39, 0.29) is 15.3 Å². The van der Waals surface area contributed by atoms with Gasteiger partial charge in [0.15, 0.2) is 0 Å². The van der Waals surface area contributed by atoms with E-state index in [4.69, 9.17) is 4.43 Å². The fourth-order valence-electron chi connectivity index (χ4n) is 6.93. The molecule has 2 atom stereocenters. The Labute approximate surface area is 272 Å². The quantitative estimate of drug-likeness (QED) is 0.0748. The van der Waals surface area contributed by atoms with Crippen LogP contribution >= 0.6 is 0 Å². The second kappa shape index (κ2) is 20.3. The number of allylic oxidation sites excluding steroid dienone is 1. The van der Waals surface area contributed by atoms with Crippen molar-refractivity contribution in [1.29, 1.82) is 0 Å². The van der Waals surface area contributed by atoms with Crippen molar-refractivity contribution in [3.8, 4) is 0 Å². The molecule has 0 amide bonds. The summed E-state index contributed by atoms with van der Waals surface area (Å²) >= 11 is -2.65. The van der Waals surface area contributed by atoms with E-state index in [9.17, 15) is 5.11 Å². The van der Waals surface area contributed by atoms with Crippen LogP contribution in [0.25, 0.3) is 0 Å². The SMILES string of the molecule is CCCC[C@@H](CCC/C=C/[C@H](O)[Sn]([CH2]CCC)([CH2]CCC)[CH2]CCC)O[Si](c1ccccc1)(c1ccccc1)C(C)(C)C. The number of aliphatic hydroxyl groups is 1. The first kappa shape index (κ1) is 38.3. The Morgan fingerprint density at radius 1 is 0.698 bits per heavy atom. The van der Waals surface area contributed by atoms with Crippen LogP contribution in [0.5, 0.6) is 0 Å². The van der Waals surface area contributed by atoms with Gasteiger partial charge in [-0.3, -0.25) is 0 Å². The number of hydrogen-bond donors (Lipinski definition) is 1. The van der Waals surface area contributed by atoms with Crippen molar-refractivity contribution in [3.05, 3.63) is 72.8 Å². The van der Waals surface area contributed by atoms with Gasteiger partial charge < -0.3 is 0 Å². The number of benzene rings is 2. The predicted octanol–water partition coefficient (Wildman–Crippen LogP) is 10.6. The average Bonchev–Trinajstić information content (AvgIpc) is 3.01. The van der Waals surface area contributed by atoms with Crippen molar-refractivity contribution in [2.45, 2.75) is 154 Å². The van der Waals surface area contributed by atoms with Crippen LogP contribution in [0.15, 0.2) is 72.8 Å². The monoisotopic (exact) mass is 714 g/mol. The summed E-state index contributed by atoms with van der Waals surface area (Å²) in [5, 5.41) is 14.4. The molecule has 0 spiro atoms.